The number of Topliss-reactive ketones (excluding diaryl/α,β-unsaturated/α-hetero) is 1. The number of ketones is 1. The highest BCUT2D eigenvalue weighted by Crippen LogP contribution is 2.51. The van der Waals surface area contributed by atoms with Crippen molar-refractivity contribution < 1.29 is 19.1 Å². The van der Waals surface area contributed by atoms with E-state index in [0.29, 0.717) is 22.0 Å². The predicted octanol–water partition coefficient (Wildman–Crippen LogP) is 5.38. The maximum absolute atomic E-state index is 14.0. The Balaban J connectivity index is 1.51. The average molecular weight is 564 g/mol. The molecule has 3 aromatic carbocycles. The third-order valence-corrected chi connectivity index (χ3v) is 7.96. The molecule has 36 heavy (non-hydrogen) atoms. The Hall–Kier alpha value is -3.42. The van der Waals surface area contributed by atoms with Gasteiger partial charge in [-0.15, -0.1) is 0 Å². The van der Waals surface area contributed by atoms with Crippen molar-refractivity contribution in [2.75, 3.05) is 16.9 Å². The van der Waals surface area contributed by atoms with Crippen LogP contribution in [0.3, 0.4) is 0 Å². The molecule has 3 aliphatic heterocycles. The van der Waals surface area contributed by atoms with Crippen LogP contribution in [0.1, 0.15) is 15.9 Å². The highest BCUT2D eigenvalue weighted by Gasteiger charge is 2.64. The number of ether oxygens (including phenoxy) is 1. The number of imide groups is 1. The second-order valence-electron chi connectivity index (χ2n) is 9.01. The van der Waals surface area contributed by atoms with E-state index in [9.17, 15) is 14.4 Å². The van der Waals surface area contributed by atoms with Gasteiger partial charge >= 0.3 is 0 Å². The minimum atomic E-state index is -0.875. The third-order valence-electron chi connectivity index (χ3n) is 7.19. The van der Waals surface area contributed by atoms with Gasteiger partial charge in [-0.25, -0.2) is 4.90 Å². The first-order valence-corrected chi connectivity index (χ1v) is 12.6. The Labute approximate surface area is 221 Å². The van der Waals surface area contributed by atoms with Crippen molar-refractivity contribution in [3.63, 3.8) is 0 Å². The lowest BCUT2D eigenvalue weighted by Gasteiger charge is -2.36. The lowest BCUT2D eigenvalue weighted by molar-refractivity contribution is -0.122. The van der Waals surface area contributed by atoms with Crippen molar-refractivity contribution in [1.29, 1.82) is 0 Å². The number of carbonyl (C=O) groups is 3. The lowest BCUT2D eigenvalue weighted by Crippen LogP contribution is -2.48. The summed E-state index contributed by atoms with van der Waals surface area (Å²) in [5.74, 6) is -2.14. The quantitative estimate of drug-likeness (QED) is 0.315. The molecule has 8 heteroatoms. The molecule has 6 rings (SSSR count). The fraction of sp³-hybridized carbons (Fsp3) is 0.179. The molecular weight excluding hydrogens is 544 g/mol. The molecule has 0 radical (unpaired) electrons. The van der Waals surface area contributed by atoms with Gasteiger partial charge in [0, 0.05) is 20.7 Å². The van der Waals surface area contributed by atoms with Crippen LogP contribution in [0.2, 0.25) is 5.02 Å². The molecule has 3 heterocycles. The molecule has 3 aromatic rings. The summed E-state index contributed by atoms with van der Waals surface area (Å²) in [5.41, 5.74) is 2.47. The number of anilines is 2. The summed E-state index contributed by atoms with van der Waals surface area (Å²) < 4.78 is 6.28. The highest BCUT2D eigenvalue weighted by molar-refractivity contribution is 9.10. The molecule has 2 fully saturated rings. The minimum Gasteiger partial charge on any atom is -0.495 e. The van der Waals surface area contributed by atoms with E-state index in [4.69, 9.17) is 16.3 Å². The third kappa shape index (κ3) is 3.33. The molecule has 0 aromatic heterocycles. The summed E-state index contributed by atoms with van der Waals surface area (Å²) in [7, 11) is 1.50. The summed E-state index contributed by atoms with van der Waals surface area (Å²) >= 11 is 9.76. The second kappa shape index (κ2) is 8.61. The number of hydrogen-bond acceptors (Lipinski definition) is 5. The van der Waals surface area contributed by atoms with Gasteiger partial charge in [-0.3, -0.25) is 14.4 Å². The Bertz CT molecular complexity index is 1450. The first-order chi connectivity index (χ1) is 17.4. The number of halogens is 2. The van der Waals surface area contributed by atoms with Crippen molar-refractivity contribution in [1.82, 2.24) is 0 Å². The number of methoxy groups -OCH3 is 1. The molecule has 0 bridgehead atoms. The van der Waals surface area contributed by atoms with Gasteiger partial charge in [0.25, 0.3) is 0 Å². The van der Waals surface area contributed by atoms with Crippen LogP contribution in [0, 0.1) is 11.8 Å². The molecule has 180 valence electrons. The monoisotopic (exact) mass is 562 g/mol. The van der Waals surface area contributed by atoms with Crippen LogP contribution in [0.5, 0.6) is 5.75 Å². The van der Waals surface area contributed by atoms with Crippen molar-refractivity contribution in [2.24, 2.45) is 11.8 Å². The molecule has 0 unspecified atom stereocenters. The topological polar surface area (TPSA) is 66.9 Å². The van der Waals surface area contributed by atoms with E-state index >= 15 is 0 Å². The highest BCUT2D eigenvalue weighted by atomic mass is 79.9. The number of nitrogens with zero attached hydrogens (tertiary/aromatic N) is 2. The number of amides is 2. The van der Waals surface area contributed by atoms with Crippen LogP contribution in [0.4, 0.5) is 11.4 Å². The first kappa shape index (κ1) is 23.0. The largest absolute Gasteiger partial charge is 0.495 e. The molecule has 2 amide bonds. The summed E-state index contributed by atoms with van der Waals surface area (Å²) in [5, 5.41) is 0.517. The summed E-state index contributed by atoms with van der Waals surface area (Å²) in [6.45, 7) is 0. The van der Waals surface area contributed by atoms with Crippen LogP contribution in [-0.2, 0) is 9.59 Å². The maximum Gasteiger partial charge on any atom is 0.240 e. The molecule has 0 spiro atoms. The molecule has 3 aliphatic rings. The molecule has 6 nitrogen and oxygen atoms in total. The maximum atomic E-state index is 14.0. The normalized spacial score (nSPS) is 24.0. The number of hydrogen-bond donors (Lipinski definition) is 0. The first-order valence-electron chi connectivity index (χ1n) is 11.5. The van der Waals surface area contributed by atoms with Crippen molar-refractivity contribution in [2.45, 2.75) is 12.1 Å². The summed E-state index contributed by atoms with van der Waals surface area (Å²) in [4.78, 5) is 45.0. The van der Waals surface area contributed by atoms with E-state index in [-0.39, 0.29) is 11.7 Å². The minimum absolute atomic E-state index is 0.218. The smallest absolute Gasteiger partial charge is 0.240 e. The fourth-order valence-electron chi connectivity index (χ4n) is 5.67. The van der Waals surface area contributed by atoms with Gasteiger partial charge in [-0.05, 0) is 42.0 Å². The van der Waals surface area contributed by atoms with Gasteiger partial charge in [0.05, 0.1) is 30.7 Å². The molecule has 0 aliphatic carbocycles. The summed E-state index contributed by atoms with van der Waals surface area (Å²) in [6.07, 6.45) is 3.85. The lowest BCUT2D eigenvalue weighted by atomic mass is 9.86. The van der Waals surface area contributed by atoms with E-state index in [0.717, 1.165) is 15.7 Å². The van der Waals surface area contributed by atoms with Gasteiger partial charge < -0.3 is 9.64 Å². The molecule has 2 saturated heterocycles. The molecular formula is C28H20BrClN2O4. The zero-order chi connectivity index (χ0) is 25.1. The number of para-hydroxylation sites is 2. The SMILES string of the molecule is COc1ccccc1N1C(=O)[C@@H]2[C@H](C1=O)[C@H]1C=Cc3ccc(Cl)cc3N1[C@@H]2C(=O)c1ccc(Br)cc1. The van der Waals surface area contributed by atoms with Crippen LogP contribution in [0.25, 0.3) is 6.08 Å². The van der Waals surface area contributed by atoms with Gasteiger partial charge in [0.15, 0.2) is 5.78 Å². The number of rotatable bonds is 4. The van der Waals surface area contributed by atoms with E-state index < -0.39 is 29.8 Å². The number of carbonyl (C=O) groups excluding carboxylic acids is 3. The van der Waals surface area contributed by atoms with Gasteiger partial charge in [0.2, 0.25) is 11.8 Å². The van der Waals surface area contributed by atoms with E-state index in [1.54, 1.807) is 60.7 Å². The molecule has 4 atom stereocenters. The molecule has 0 N–H and O–H groups in total. The zero-order valence-corrected chi connectivity index (χ0v) is 21.4. The second-order valence-corrected chi connectivity index (χ2v) is 10.4. The summed E-state index contributed by atoms with van der Waals surface area (Å²) in [6, 6.07) is 18.1. The number of benzene rings is 3. The van der Waals surface area contributed by atoms with Crippen LogP contribution >= 0.6 is 27.5 Å². The Morgan fingerprint density at radius 2 is 1.67 bits per heavy atom. The Morgan fingerprint density at radius 3 is 2.42 bits per heavy atom. The van der Waals surface area contributed by atoms with Gasteiger partial charge in [-0.2, -0.15) is 0 Å². The fourth-order valence-corrected chi connectivity index (χ4v) is 6.10. The van der Waals surface area contributed by atoms with E-state index in [2.05, 4.69) is 15.9 Å². The van der Waals surface area contributed by atoms with Crippen LogP contribution in [0.15, 0.2) is 77.3 Å². The van der Waals surface area contributed by atoms with Crippen LogP contribution < -0.4 is 14.5 Å². The van der Waals surface area contributed by atoms with Crippen molar-refractivity contribution in [3.8, 4) is 5.75 Å². The van der Waals surface area contributed by atoms with E-state index in [1.165, 1.54) is 12.0 Å². The van der Waals surface area contributed by atoms with Crippen molar-refractivity contribution >= 4 is 62.6 Å². The Kier molecular flexibility index (Phi) is 5.50. The van der Waals surface area contributed by atoms with Crippen molar-refractivity contribution in [3.05, 3.63) is 93.4 Å². The Morgan fingerprint density at radius 1 is 0.944 bits per heavy atom. The van der Waals surface area contributed by atoms with E-state index in [1.807, 2.05) is 23.1 Å². The standard InChI is InChI=1S/C28H20BrClN2O4/c1-36-22-5-3-2-4-19(22)32-27(34)23-20-13-9-15-8-12-18(30)14-21(15)31(20)25(24(23)28(32)35)26(33)16-6-10-17(29)11-7-16/h2-14,20,23-25H,1H3/t20-,23-,24-,25+/m1/s1. The van der Waals surface area contributed by atoms with Gasteiger partial charge in [0.1, 0.15) is 11.8 Å². The number of fused-ring (bicyclic) bond motifs is 5. The average Bonchev–Trinajstić information content (AvgIpc) is 3.36. The van der Waals surface area contributed by atoms with Gasteiger partial charge in [-0.1, -0.05) is 70.0 Å². The zero-order valence-electron chi connectivity index (χ0n) is 19.1. The molecule has 0 saturated carbocycles. The predicted molar refractivity (Wildman–Crippen MR) is 141 cm³/mol. The van der Waals surface area contributed by atoms with Crippen LogP contribution in [-0.4, -0.2) is 36.8 Å².